The third kappa shape index (κ3) is 10.1. The minimum atomic E-state index is -3.98. The molecule has 62 heavy (non-hydrogen) atoms. The maximum absolute atomic E-state index is 13.9. The largest absolute Gasteiger partial charge is 0.392 e. The lowest BCUT2D eigenvalue weighted by Gasteiger charge is -2.43. The quantitative estimate of drug-likeness (QED) is 0.102. The zero-order valence-electron chi connectivity index (χ0n) is 36.6. The molecule has 1 amide bonds. The molecular formula is C52H61N3O6S. The van der Waals surface area contributed by atoms with Crippen LogP contribution in [0.1, 0.15) is 92.7 Å². The number of nitrogens with one attached hydrogen (secondary N) is 2. The van der Waals surface area contributed by atoms with Crippen LogP contribution in [0, 0.1) is 23.7 Å². The van der Waals surface area contributed by atoms with Gasteiger partial charge in [-0.25, -0.2) is 8.42 Å². The monoisotopic (exact) mass is 855 g/mol. The van der Waals surface area contributed by atoms with Gasteiger partial charge in [0.25, 0.3) is 0 Å². The van der Waals surface area contributed by atoms with Crippen molar-refractivity contribution in [2.24, 2.45) is 16.7 Å². The first kappa shape index (κ1) is 43.9. The summed E-state index contributed by atoms with van der Waals surface area (Å²) >= 11 is 0. The topological polar surface area (TPSA) is 117 Å². The SMILES string of the molecule is Cc1ccc(S(=O)(=O)N[C@H](Cc2ccccc2)C(=O)NCc2ccccc2-c2ccc([C@H]3O[C@@H](CN4CC5(C)CC4CC(C)(C)C5)[C@@H](C)[C@@H](c4ccc(CO)cc4)O3)cc2)cc1. The summed E-state index contributed by atoms with van der Waals surface area (Å²) in [5, 5.41) is 12.8. The third-order valence-electron chi connectivity index (χ3n) is 13.3. The number of likely N-dealkylation sites (tertiary alicyclic amines) is 1. The molecule has 3 aliphatic rings. The number of aliphatic hydroxyl groups excluding tert-OH is 1. The normalized spacial score (nSPS) is 25.3. The van der Waals surface area contributed by atoms with Crippen molar-refractivity contribution in [3.63, 3.8) is 0 Å². The van der Waals surface area contributed by atoms with Crippen LogP contribution in [-0.2, 0) is 43.9 Å². The van der Waals surface area contributed by atoms with E-state index in [2.05, 4.69) is 79.0 Å². The van der Waals surface area contributed by atoms with Gasteiger partial charge in [0.1, 0.15) is 6.04 Å². The fraction of sp³-hybridized carbons (Fsp3) is 0.404. The number of aliphatic hydroxyl groups is 1. The van der Waals surface area contributed by atoms with Crippen molar-refractivity contribution >= 4 is 15.9 Å². The Labute approximate surface area is 367 Å². The number of amides is 1. The molecule has 2 bridgehead atoms. The second-order valence-electron chi connectivity index (χ2n) is 19.1. The number of hydrogen-bond acceptors (Lipinski definition) is 7. The Hall–Kier alpha value is -4.68. The van der Waals surface area contributed by atoms with E-state index in [-0.39, 0.29) is 42.6 Å². The molecule has 7 atom stereocenters. The lowest BCUT2D eigenvalue weighted by molar-refractivity contribution is -0.276. The van der Waals surface area contributed by atoms with Gasteiger partial charge in [0.05, 0.1) is 23.7 Å². The molecule has 3 fully saturated rings. The molecule has 5 aromatic rings. The molecule has 5 aromatic carbocycles. The molecule has 3 N–H and O–H groups in total. The van der Waals surface area contributed by atoms with E-state index in [1.165, 1.54) is 19.3 Å². The van der Waals surface area contributed by atoms with E-state index in [1.54, 1.807) is 24.3 Å². The van der Waals surface area contributed by atoms with E-state index in [4.69, 9.17) is 9.47 Å². The first-order chi connectivity index (χ1) is 29.7. The highest BCUT2D eigenvalue weighted by atomic mass is 32.2. The standard InChI is InChI=1S/C52H61N3O6S/c1-35-15-25-44(26-16-35)62(58,59)54-46(27-37-11-7-6-8-12-37)49(57)53-30-42-13-9-10-14-45(42)39-21-23-41(24-22-39)50-60-47(31-55-34-52(5)29-43(55)28-51(3,4)33-52)36(2)48(61-50)40-19-17-38(32-56)18-20-40/h6-26,36,43,46-48,50,54,56H,27-34H2,1-5H3,(H,53,57)/t36-,43?,46-,47+,48+,50+,52?/m1/s1. The van der Waals surface area contributed by atoms with Crippen molar-refractivity contribution in [2.45, 2.75) is 109 Å². The van der Waals surface area contributed by atoms with Gasteiger partial charge in [-0.2, -0.15) is 4.72 Å². The van der Waals surface area contributed by atoms with Gasteiger partial charge >= 0.3 is 0 Å². The van der Waals surface area contributed by atoms with E-state index in [0.717, 1.165) is 57.6 Å². The number of carbonyl (C=O) groups excluding carboxylic acids is 1. The van der Waals surface area contributed by atoms with Crippen LogP contribution in [0.5, 0.6) is 0 Å². The van der Waals surface area contributed by atoms with Crippen LogP contribution in [0.25, 0.3) is 11.1 Å². The highest BCUT2D eigenvalue weighted by molar-refractivity contribution is 7.89. The molecular weight excluding hydrogens is 795 g/mol. The summed E-state index contributed by atoms with van der Waals surface area (Å²) in [5.74, 6) is -0.320. The fourth-order valence-corrected chi connectivity index (χ4v) is 11.6. The Morgan fingerprint density at radius 2 is 1.50 bits per heavy atom. The molecule has 9 nitrogen and oxygen atoms in total. The summed E-state index contributed by atoms with van der Waals surface area (Å²) in [6.45, 7) is 13.5. The number of ether oxygens (including phenoxy) is 2. The number of sulfonamides is 1. The van der Waals surface area contributed by atoms with Crippen LogP contribution in [-0.4, -0.2) is 55.6 Å². The number of fused-ring (bicyclic) bond motifs is 2. The molecule has 0 radical (unpaired) electrons. The Bertz CT molecular complexity index is 2420. The molecule has 2 unspecified atom stereocenters. The number of rotatable bonds is 14. The van der Waals surface area contributed by atoms with Gasteiger partial charge in [0.2, 0.25) is 15.9 Å². The second kappa shape index (κ2) is 18.2. The lowest BCUT2D eigenvalue weighted by atomic mass is 9.65. The van der Waals surface area contributed by atoms with Gasteiger partial charge in [-0.3, -0.25) is 9.69 Å². The van der Waals surface area contributed by atoms with E-state index in [0.29, 0.717) is 16.9 Å². The predicted molar refractivity (Wildman–Crippen MR) is 243 cm³/mol. The third-order valence-corrected chi connectivity index (χ3v) is 14.7. The molecule has 1 aliphatic carbocycles. The van der Waals surface area contributed by atoms with Gasteiger partial charge in [-0.15, -0.1) is 0 Å². The van der Waals surface area contributed by atoms with Crippen molar-refractivity contribution in [1.29, 1.82) is 0 Å². The van der Waals surface area contributed by atoms with Crippen LogP contribution >= 0.6 is 0 Å². The smallest absolute Gasteiger partial charge is 0.241 e. The minimum Gasteiger partial charge on any atom is -0.392 e. The summed E-state index contributed by atoms with van der Waals surface area (Å²) in [5.41, 5.74) is 8.11. The summed E-state index contributed by atoms with van der Waals surface area (Å²) in [6, 6.07) is 39.8. The van der Waals surface area contributed by atoms with E-state index < -0.39 is 28.3 Å². The van der Waals surface area contributed by atoms with Crippen molar-refractivity contribution in [3.05, 3.63) is 161 Å². The maximum atomic E-state index is 13.9. The first-order valence-corrected chi connectivity index (χ1v) is 23.5. The van der Waals surface area contributed by atoms with E-state index in [1.807, 2.05) is 73.7 Å². The lowest BCUT2D eigenvalue weighted by Crippen LogP contribution is -2.47. The van der Waals surface area contributed by atoms with Crippen LogP contribution in [0.2, 0.25) is 0 Å². The molecule has 2 aliphatic heterocycles. The summed E-state index contributed by atoms with van der Waals surface area (Å²) in [6.07, 6.45) is 3.03. The molecule has 0 aromatic heterocycles. The van der Waals surface area contributed by atoms with E-state index in [9.17, 15) is 18.3 Å². The number of nitrogens with zero attached hydrogens (tertiary/aromatic N) is 1. The highest BCUT2D eigenvalue weighted by Crippen LogP contribution is 2.53. The number of carbonyl (C=O) groups is 1. The van der Waals surface area contributed by atoms with Gasteiger partial charge in [-0.05, 0) is 89.0 Å². The minimum absolute atomic E-state index is 0.00608. The number of hydrogen-bond donors (Lipinski definition) is 3. The van der Waals surface area contributed by atoms with Crippen LogP contribution in [0.4, 0.5) is 0 Å². The van der Waals surface area contributed by atoms with Crippen LogP contribution in [0.15, 0.2) is 132 Å². The number of benzene rings is 5. The van der Waals surface area contributed by atoms with Gasteiger partial charge in [0.15, 0.2) is 6.29 Å². The molecule has 326 valence electrons. The van der Waals surface area contributed by atoms with Gasteiger partial charge in [0, 0.05) is 37.2 Å². The average molecular weight is 856 g/mol. The first-order valence-electron chi connectivity index (χ1n) is 22.0. The average Bonchev–Trinajstić information content (AvgIpc) is 3.50. The van der Waals surface area contributed by atoms with Crippen molar-refractivity contribution in [2.75, 3.05) is 13.1 Å². The van der Waals surface area contributed by atoms with Crippen molar-refractivity contribution < 1.29 is 27.8 Å². The zero-order chi connectivity index (χ0) is 43.6. The Morgan fingerprint density at radius 3 is 2.21 bits per heavy atom. The van der Waals surface area contributed by atoms with Gasteiger partial charge < -0.3 is 19.9 Å². The maximum Gasteiger partial charge on any atom is 0.241 e. The molecule has 8 rings (SSSR count). The fourth-order valence-electron chi connectivity index (χ4n) is 10.4. The van der Waals surface area contributed by atoms with Crippen molar-refractivity contribution in [3.8, 4) is 11.1 Å². The molecule has 2 heterocycles. The van der Waals surface area contributed by atoms with Crippen LogP contribution < -0.4 is 10.0 Å². The molecule has 10 heteroatoms. The highest BCUT2D eigenvalue weighted by Gasteiger charge is 2.51. The Kier molecular flexibility index (Phi) is 12.9. The van der Waals surface area contributed by atoms with Gasteiger partial charge in [-0.1, -0.05) is 149 Å². The summed E-state index contributed by atoms with van der Waals surface area (Å²) in [7, 11) is -3.98. The number of aryl methyl sites for hydroxylation is 1. The van der Waals surface area contributed by atoms with Crippen LogP contribution in [0.3, 0.4) is 0 Å². The van der Waals surface area contributed by atoms with E-state index >= 15 is 0 Å². The second-order valence-corrected chi connectivity index (χ2v) is 20.9. The zero-order valence-corrected chi connectivity index (χ0v) is 37.4. The predicted octanol–water partition coefficient (Wildman–Crippen LogP) is 9.05. The Morgan fingerprint density at radius 1 is 0.823 bits per heavy atom. The van der Waals surface area contributed by atoms with Crippen molar-refractivity contribution in [1.82, 2.24) is 14.9 Å². The summed E-state index contributed by atoms with van der Waals surface area (Å²) < 4.78 is 43.4. The molecule has 0 spiro atoms. The Balaban J connectivity index is 0.998. The molecule has 2 saturated heterocycles. The molecule has 1 saturated carbocycles. The summed E-state index contributed by atoms with van der Waals surface area (Å²) in [4.78, 5) is 16.7.